The van der Waals surface area contributed by atoms with Crippen LogP contribution in [0.25, 0.3) is 0 Å². The van der Waals surface area contributed by atoms with Crippen molar-refractivity contribution >= 4 is 0 Å². The summed E-state index contributed by atoms with van der Waals surface area (Å²) in [7, 11) is 0. The van der Waals surface area contributed by atoms with Gasteiger partial charge in [0, 0.05) is 22.3 Å². The van der Waals surface area contributed by atoms with Crippen LogP contribution >= 0.6 is 0 Å². The molecule has 0 aliphatic heterocycles. The molecule has 0 saturated heterocycles. The van der Waals surface area contributed by atoms with Crippen LogP contribution in [0, 0.1) is 74.6 Å². The average molecular weight is 406 g/mol. The topological polar surface area (TPSA) is 0 Å². The van der Waals surface area contributed by atoms with Gasteiger partial charge in [-0.25, -0.2) is 17.6 Å². The zero-order valence-electron chi connectivity index (χ0n) is 17.0. The predicted molar refractivity (Wildman–Crippen MR) is 110 cm³/mol. The van der Waals surface area contributed by atoms with E-state index < -0.39 is 23.3 Å². The molecule has 0 bridgehead atoms. The molecular formula is C26H18F4. The van der Waals surface area contributed by atoms with Gasteiger partial charge >= 0.3 is 0 Å². The van der Waals surface area contributed by atoms with Crippen LogP contribution in [0.15, 0.2) is 36.4 Å². The Morgan fingerprint density at radius 3 is 1.43 bits per heavy atom. The lowest BCUT2D eigenvalue weighted by Crippen LogP contribution is -1.94. The summed E-state index contributed by atoms with van der Waals surface area (Å²) in [6, 6.07) is 8.40. The van der Waals surface area contributed by atoms with Crippen molar-refractivity contribution in [1.29, 1.82) is 0 Å². The van der Waals surface area contributed by atoms with E-state index in [4.69, 9.17) is 0 Å². The smallest absolute Gasteiger partial charge is 0.142 e. The minimum absolute atomic E-state index is 0.0448. The molecule has 0 nitrogen and oxygen atoms in total. The third-order valence-corrected chi connectivity index (χ3v) is 4.66. The van der Waals surface area contributed by atoms with Crippen molar-refractivity contribution in [3.8, 4) is 23.7 Å². The monoisotopic (exact) mass is 406 g/mol. The molecule has 30 heavy (non-hydrogen) atoms. The maximum atomic E-state index is 14.0. The highest BCUT2D eigenvalue weighted by molar-refractivity contribution is 5.55. The summed E-state index contributed by atoms with van der Waals surface area (Å²) in [5.74, 6) is 8.38. The molecule has 0 N–H and O–H groups in total. The maximum absolute atomic E-state index is 14.0. The fourth-order valence-electron chi connectivity index (χ4n) is 3.04. The standard InChI is InChI=1S/C26H18F4/c1-15-9-25(29)22(26(30)10-15)8-7-21-16(2)11-19(12-17(21)3)5-6-20-13-23(27)18(4)24(28)14-20/h9-14H,1-4H3. The largest absolute Gasteiger partial charge is 0.207 e. The Morgan fingerprint density at radius 1 is 0.500 bits per heavy atom. The molecule has 0 amide bonds. The molecule has 0 spiro atoms. The second-order valence-electron chi connectivity index (χ2n) is 7.15. The van der Waals surface area contributed by atoms with Gasteiger partial charge in [0.15, 0.2) is 0 Å². The molecule has 3 aromatic rings. The van der Waals surface area contributed by atoms with Crippen molar-refractivity contribution in [3.63, 3.8) is 0 Å². The van der Waals surface area contributed by atoms with Crippen molar-refractivity contribution < 1.29 is 17.6 Å². The number of aryl methyl sites for hydroxylation is 3. The number of halogens is 4. The molecule has 0 atom stereocenters. The molecule has 0 saturated carbocycles. The van der Waals surface area contributed by atoms with Gasteiger partial charge in [0.25, 0.3) is 0 Å². The first-order valence-electron chi connectivity index (χ1n) is 9.22. The SMILES string of the molecule is Cc1cc(F)c(C#Cc2c(C)cc(C#Cc3cc(F)c(C)c(F)c3)cc2C)c(F)c1. The van der Waals surface area contributed by atoms with Gasteiger partial charge < -0.3 is 0 Å². The van der Waals surface area contributed by atoms with E-state index in [0.717, 1.165) is 11.1 Å². The predicted octanol–water partition coefficient (Wildman–Crippen LogP) is 6.28. The summed E-state index contributed by atoms with van der Waals surface area (Å²) in [6.07, 6.45) is 0. The summed E-state index contributed by atoms with van der Waals surface area (Å²) in [6.45, 7) is 6.60. The molecule has 3 rings (SSSR count). The van der Waals surface area contributed by atoms with Crippen LogP contribution in [-0.2, 0) is 0 Å². The Kier molecular flexibility index (Phi) is 5.99. The molecule has 150 valence electrons. The van der Waals surface area contributed by atoms with Gasteiger partial charge in [-0.05, 0) is 80.8 Å². The van der Waals surface area contributed by atoms with Crippen LogP contribution < -0.4 is 0 Å². The lowest BCUT2D eigenvalue weighted by molar-refractivity contribution is 0.567. The molecule has 4 heteroatoms. The summed E-state index contributed by atoms with van der Waals surface area (Å²) < 4.78 is 55.4. The maximum Gasteiger partial charge on any atom is 0.142 e. The van der Waals surface area contributed by atoms with Gasteiger partial charge in [0.05, 0.1) is 5.56 Å². The first-order valence-corrected chi connectivity index (χ1v) is 9.22. The van der Waals surface area contributed by atoms with Crippen LogP contribution in [0.1, 0.15) is 44.5 Å². The summed E-state index contributed by atoms with van der Waals surface area (Å²) in [4.78, 5) is 0. The number of benzene rings is 3. The van der Waals surface area contributed by atoms with Crippen molar-refractivity contribution in [1.82, 2.24) is 0 Å². The normalized spacial score (nSPS) is 10.1. The van der Waals surface area contributed by atoms with Gasteiger partial charge in [-0.15, -0.1) is 0 Å². The first-order chi connectivity index (χ1) is 14.2. The molecule has 0 aliphatic carbocycles. The quantitative estimate of drug-likeness (QED) is 0.305. The van der Waals surface area contributed by atoms with Crippen molar-refractivity contribution in [2.75, 3.05) is 0 Å². The fourth-order valence-corrected chi connectivity index (χ4v) is 3.04. The lowest BCUT2D eigenvalue weighted by atomic mass is 9.99. The van der Waals surface area contributed by atoms with Crippen LogP contribution in [0.4, 0.5) is 17.6 Å². The Morgan fingerprint density at radius 2 is 0.933 bits per heavy atom. The summed E-state index contributed by atoms with van der Waals surface area (Å²) >= 11 is 0. The number of hydrogen-bond acceptors (Lipinski definition) is 0. The Bertz CT molecular complexity index is 1210. The van der Waals surface area contributed by atoms with Gasteiger partial charge in [-0.2, -0.15) is 0 Å². The van der Waals surface area contributed by atoms with E-state index in [1.165, 1.54) is 31.2 Å². The van der Waals surface area contributed by atoms with E-state index in [1.54, 1.807) is 19.1 Å². The fraction of sp³-hybridized carbons (Fsp3) is 0.154. The van der Waals surface area contributed by atoms with E-state index in [2.05, 4.69) is 23.7 Å². The molecule has 0 aliphatic rings. The Hall–Kier alpha value is -3.50. The van der Waals surface area contributed by atoms with Crippen LogP contribution in [0.2, 0.25) is 0 Å². The van der Waals surface area contributed by atoms with Crippen molar-refractivity contribution in [2.24, 2.45) is 0 Å². The summed E-state index contributed by atoms with van der Waals surface area (Å²) in [5, 5.41) is 0. The van der Waals surface area contributed by atoms with E-state index in [1.807, 2.05) is 13.8 Å². The zero-order chi connectivity index (χ0) is 22.0. The number of rotatable bonds is 0. The zero-order valence-corrected chi connectivity index (χ0v) is 17.0. The Balaban J connectivity index is 1.95. The van der Waals surface area contributed by atoms with Gasteiger partial charge in [0.1, 0.15) is 23.3 Å². The highest BCUT2D eigenvalue weighted by Crippen LogP contribution is 2.18. The van der Waals surface area contributed by atoms with Crippen LogP contribution in [0.3, 0.4) is 0 Å². The van der Waals surface area contributed by atoms with Crippen LogP contribution in [-0.4, -0.2) is 0 Å². The van der Waals surface area contributed by atoms with E-state index >= 15 is 0 Å². The molecule has 0 unspecified atom stereocenters. The molecule has 3 aromatic carbocycles. The molecule has 0 radical (unpaired) electrons. The first kappa shape index (κ1) is 21.2. The molecular weight excluding hydrogens is 388 g/mol. The Labute approximate surface area is 173 Å². The molecule has 0 fully saturated rings. The van der Waals surface area contributed by atoms with Crippen LogP contribution in [0.5, 0.6) is 0 Å². The number of hydrogen-bond donors (Lipinski definition) is 0. The average Bonchev–Trinajstić information content (AvgIpc) is 2.65. The van der Waals surface area contributed by atoms with Crippen molar-refractivity contribution in [2.45, 2.75) is 27.7 Å². The minimum Gasteiger partial charge on any atom is -0.207 e. The minimum atomic E-state index is -0.699. The second kappa shape index (κ2) is 8.47. The van der Waals surface area contributed by atoms with E-state index in [0.29, 0.717) is 16.7 Å². The molecule has 0 heterocycles. The highest BCUT2D eigenvalue weighted by Gasteiger charge is 2.09. The molecule has 0 aromatic heterocycles. The third kappa shape index (κ3) is 4.56. The van der Waals surface area contributed by atoms with Crippen molar-refractivity contribution in [3.05, 3.63) is 104 Å². The third-order valence-electron chi connectivity index (χ3n) is 4.66. The lowest BCUT2D eigenvalue weighted by Gasteiger charge is -2.05. The van der Waals surface area contributed by atoms with E-state index in [-0.39, 0.29) is 16.7 Å². The highest BCUT2D eigenvalue weighted by atomic mass is 19.1. The second-order valence-corrected chi connectivity index (χ2v) is 7.15. The van der Waals surface area contributed by atoms with E-state index in [9.17, 15) is 17.6 Å². The van der Waals surface area contributed by atoms with Gasteiger partial charge in [0.2, 0.25) is 0 Å². The summed E-state index contributed by atoms with van der Waals surface area (Å²) in [5.41, 5.74) is 3.25. The van der Waals surface area contributed by atoms with Gasteiger partial charge in [-0.1, -0.05) is 23.7 Å². The van der Waals surface area contributed by atoms with Gasteiger partial charge in [-0.3, -0.25) is 0 Å².